The standard InChI is InChI=1S/C20H14BrFN4O/c1-11(27)23-14-4-2-3-12(9-14)18-8-7-16-19(25-26-20(16)24-18)15-6-5-13(21)10-17(15)22/h2-10H,1H3,(H,23,27)(H,24,25,26). The van der Waals surface area contributed by atoms with Crippen molar-refractivity contribution in [1.29, 1.82) is 0 Å². The third kappa shape index (κ3) is 3.46. The molecular formula is C20H14BrFN4O. The molecule has 0 fully saturated rings. The van der Waals surface area contributed by atoms with Gasteiger partial charge in [-0.2, -0.15) is 5.10 Å². The van der Waals surface area contributed by atoms with Crippen molar-refractivity contribution >= 4 is 38.6 Å². The zero-order valence-corrected chi connectivity index (χ0v) is 15.8. The van der Waals surface area contributed by atoms with Crippen LogP contribution in [-0.4, -0.2) is 21.1 Å². The molecule has 134 valence electrons. The Morgan fingerprint density at radius 1 is 1.15 bits per heavy atom. The molecular weight excluding hydrogens is 411 g/mol. The van der Waals surface area contributed by atoms with Gasteiger partial charge in [0.15, 0.2) is 5.65 Å². The van der Waals surface area contributed by atoms with Crippen molar-refractivity contribution < 1.29 is 9.18 Å². The van der Waals surface area contributed by atoms with Crippen LogP contribution in [0.1, 0.15) is 6.92 Å². The highest BCUT2D eigenvalue weighted by Crippen LogP contribution is 2.31. The van der Waals surface area contributed by atoms with Gasteiger partial charge in [0.1, 0.15) is 5.82 Å². The van der Waals surface area contributed by atoms with E-state index in [1.54, 1.807) is 12.1 Å². The van der Waals surface area contributed by atoms with E-state index in [0.29, 0.717) is 32.8 Å². The van der Waals surface area contributed by atoms with Crippen molar-refractivity contribution in [3.63, 3.8) is 0 Å². The highest BCUT2D eigenvalue weighted by atomic mass is 79.9. The van der Waals surface area contributed by atoms with Crippen molar-refractivity contribution in [3.8, 4) is 22.5 Å². The number of carbonyl (C=O) groups is 1. The first-order valence-electron chi connectivity index (χ1n) is 8.20. The quantitative estimate of drug-likeness (QED) is 0.477. The van der Waals surface area contributed by atoms with Crippen LogP contribution in [0.5, 0.6) is 0 Å². The molecule has 2 aromatic carbocycles. The molecule has 2 aromatic heterocycles. The fraction of sp³-hybridized carbons (Fsp3) is 0.0500. The van der Waals surface area contributed by atoms with Crippen molar-refractivity contribution in [1.82, 2.24) is 15.2 Å². The molecule has 0 radical (unpaired) electrons. The Morgan fingerprint density at radius 2 is 2.00 bits per heavy atom. The maximum absolute atomic E-state index is 14.3. The van der Waals surface area contributed by atoms with Gasteiger partial charge < -0.3 is 5.32 Å². The summed E-state index contributed by atoms with van der Waals surface area (Å²) in [5, 5.41) is 10.6. The molecule has 4 aromatic rings. The molecule has 2 heterocycles. The van der Waals surface area contributed by atoms with Gasteiger partial charge in [-0.05, 0) is 42.5 Å². The maximum Gasteiger partial charge on any atom is 0.221 e. The van der Waals surface area contributed by atoms with Gasteiger partial charge in [0, 0.05) is 33.6 Å². The molecule has 0 bridgehead atoms. The summed E-state index contributed by atoms with van der Waals surface area (Å²) >= 11 is 3.26. The van der Waals surface area contributed by atoms with E-state index in [4.69, 9.17) is 0 Å². The van der Waals surface area contributed by atoms with E-state index in [2.05, 4.69) is 36.4 Å². The number of rotatable bonds is 3. The van der Waals surface area contributed by atoms with E-state index >= 15 is 0 Å². The Kier molecular flexibility index (Phi) is 4.45. The van der Waals surface area contributed by atoms with Crippen LogP contribution >= 0.6 is 15.9 Å². The first-order valence-corrected chi connectivity index (χ1v) is 8.99. The van der Waals surface area contributed by atoms with Crippen LogP contribution in [0.3, 0.4) is 0 Å². The van der Waals surface area contributed by atoms with Crippen LogP contribution < -0.4 is 5.32 Å². The third-order valence-electron chi connectivity index (χ3n) is 4.10. The van der Waals surface area contributed by atoms with Gasteiger partial charge in [-0.1, -0.05) is 28.1 Å². The fourth-order valence-electron chi connectivity index (χ4n) is 2.92. The van der Waals surface area contributed by atoms with Gasteiger partial charge in [-0.15, -0.1) is 0 Å². The van der Waals surface area contributed by atoms with Crippen molar-refractivity contribution in [2.75, 3.05) is 5.32 Å². The van der Waals surface area contributed by atoms with Gasteiger partial charge in [-0.25, -0.2) is 9.37 Å². The molecule has 0 aliphatic carbocycles. The Hall–Kier alpha value is -3.06. The number of pyridine rings is 1. The molecule has 4 rings (SSSR count). The van der Waals surface area contributed by atoms with E-state index in [9.17, 15) is 9.18 Å². The van der Waals surface area contributed by atoms with Crippen LogP contribution in [-0.2, 0) is 4.79 Å². The molecule has 1 amide bonds. The van der Waals surface area contributed by atoms with E-state index in [0.717, 1.165) is 10.9 Å². The number of nitrogens with zero attached hydrogens (tertiary/aromatic N) is 2. The predicted molar refractivity (Wildman–Crippen MR) is 107 cm³/mol. The van der Waals surface area contributed by atoms with Crippen molar-refractivity contribution in [2.24, 2.45) is 0 Å². The molecule has 0 aliphatic heterocycles. The molecule has 27 heavy (non-hydrogen) atoms. The van der Waals surface area contributed by atoms with E-state index < -0.39 is 0 Å². The number of H-pyrrole nitrogens is 1. The number of carbonyl (C=O) groups excluding carboxylic acids is 1. The Bertz CT molecular complexity index is 1170. The molecule has 7 heteroatoms. The van der Waals surface area contributed by atoms with Gasteiger partial charge in [-0.3, -0.25) is 9.89 Å². The lowest BCUT2D eigenvalue weighted by molar-refractivity contribution is -0.114. The predicted octanol–water partition coefficient (Wildman–Crippen LogP) is 5.15. The average Bonchev–Trinajstić information content (AvgIpc) is 3.04. The number of amides is 1. The lowest BCUT2D eigenvalue weighted by Crippen LogP contribution is -2.05. The average molecular weight is 425 g/mol. The number of aromatic nitrogens is 3. The number of hydrogen-bond donors (Lipinski definition) is 2. The highest BCUT2D eigenvalue weighted by Gasteiger charge is 2.14. The molecule has 0 saturated heterocycles. The molecule has 0 atom stereocenters. The Morgan fingerprint density at radius 3 is 2.78 bits per heavy atom. The Labute approximate surface area is 162 Å². The Balaban J connectivity index is 1.76. The van der Waals surface area contributed by atoms with Gasteiger partial charge in [0.05, 0.1) is 11.4 Å². The van der Waals surface area contributed by atoms with Gasteiger partial charge >= 0.3 is 0 Å². The van der Waals surface area contributed by atoms with Crippen LogP contribution in [0.2, 0.25) is 0 Å². The van der Waals surface area contributed by atoms with Crippen molar-refractivity contribution in [3.05, 3.63) is 64.9 Å². The normalized spacial score (nSPS) is 10.9. The summed E-state index contributed by atoms with van der Waals surface area (Å²) in [7, 11) is 0. The monoisotopic (exact) mass is 424 g/mol. The maximum atomic E-state index is 14.3. The molecule has 2 N–H and O–H groups in total. The molecule has 0 saturated carbocycles. The summed E-state index contributed by atoms with van der Waals surface area (Å²) in [5.41, 5.74) is 3.77. The summed E-state index contributed by atoms with van der Waals surface area (Å²) < 4.78 is 15.0. The number of halogens is 2. The minimum Gasteiger partial charge on any atom is -0.326 e. The van der Waals surface area contributed by atoms with Gasteiger partial charge in [0.25, 0.3) is 0 Å². The van der Waals surface area contributed by atoms with Crippen LogP contribution in [0, 0.1) is 5.82 Å². The van der Waals surface area contributed by atoms with Crippen molar-refractivity contribution in [2.45, 2.75) is 6.92 Å². The zero-order chi connectivity index (χ0) is 19.0. The topological polar surface area (TPSA) is 70.7 Å². The third-order valence-corrected chi connectivity index (χ3v) is 4.59. The number of benzene rings is 2. The second-order valence-electron chi connectivity index (χ2n) is 6.05. The first kappa shape index (κ1) is 17.4. The van der Waals surface area contributed by atoms with Crippen LogP contribution in [0.4, 0.5) is 10.1 Å². The van der Waals surface area contributed by atoms with Crippen LogP contribution in [0.25, 0.3) is 33.5 Å². The summed E-state index contributed by atoms with van der Waals surface area (Å²) in [6.45, 7) is 1.46. The number of aromatic amines is 1. The zero-order valence-electron chi connectivity index (χ0n) is 14.3. The summed E-state index contributed by atoms with van der Waals surface area (Å²) in [5.74, 6) is -0.481. The lowest BCUT2D eigenvalue weighted by atomic mass is 10.1. The number of nitrogens with one attached hydrogen (secondary N) is 2. The van der Waals surface area contributed by atoms with Gasteiger partial charge in [0.2, 0.25) is 5.91 Å². The molecule has 0 unspecified atom stereocenters. The summed E-state index contributed by atoms with van der Waals surface area (Å²) in [4.78, 5) is 15.8. The summed E-state index contributed by atoms with van der Waals surface area (Å²) in [6, 6.07) is 16.0. The first-order chi connectivity index (χ1) is 13.0. The molecule has 5 nitrogen and oxygen atoms in total. The minimum atomic E-state index is -0.345. The second-order valence-corrected chi connectivity index (χ2v) is 6.97. The number of hydrogen-bond acceptors (Lipinski definition) is 3. The smallest absolute Gasteiger partial charge is 0.221 e. The molecule has 0 aliphatic rings. The van der Waals surface area contributed by atoms with Crippen LogP contribution in [0.15, 0.2) is 59.1 Å². The SMILES string of the molecule is CC(=O)Nc1cccc(-c2ccc3c(-c4ccc(Br)cc4F)[nH]nc3n2)c1. The molecule has 0 spiro atoms. The largest absolute Gasteiger partial charge is 0.326 e. The van der Waals surface area contributed by atoms with E-state index in [1.807, 2.05) is 36.4 Å². The van der Waals surface area contributed by atoms with E-state index in [1.165, 1.54) is 13.0 Å². The summed E-state index contributed by atoms with van der Waals surface area (Å²) in [6.07, 6.45) is 0. The fourth-order valence-corrected chi connectivity index (χ4v) is 3.25. The van der Waals surface area contributed by atoms with E-state index in [-0.39, 0.29) is 11.7 Å². The highest BCUT2D eigenvalue weighted by molar-refractivity contribution is 9.10. The second kappa shape index (κ2) is 6.92. The number of anilines is 1. The number of fused-ring (bicyclic) bond motifs is 1. The lowest BCUT2D eigenvalue weighted by Gasteiger charge is -2.06. The minimum absolute atomic E-state index is 0.135.